The minimum Gasteiger partial charge on any atom is -0.449 e. The summed E-state index contributed by atoms with van der Waals surface area (Å²) >= 11 is 0. The molecule has 2 aliphatic carbocycles. The lowest BCUT2D eigenvalue weighted by molar-refractivity contribution is -0.153. The SMILES string of the molecule is O=C(NC1C(=O)OC(=O)C1NC(=O)OCC1c2ccccc2-c2ccccc21)OCC1c2ccccc2-c2ccccc21. The highest BCUT2D eigenvalue weighted by molar-refractivity contribution is 6.03. The first-order valence-electron chi connectivity index (χ1n) is 14.0. The van der Waals surface area contributed by atoms with E-state index in [1.807, 2.05) is 97.1 Å². The second-order valence-electron chi connectivity index (χ2n) is 10.6. The van der Waals surface area contributed by atoms with Gasteiger partial charge in [-0.05, 0) is 44.5 Å². The highest BCUT2D eigenvalue weighted by Gasteiger charge is 2.47. The molecule has 1 aliphatic heterocycles. The van der Waals surface area contributed by atoms with Crippen molar-refractivity contribution in [3.8, 4) is 22.3 Å². The van der Waals surface area contributed by atoms with E-state index in [9.17, 15) is 19.2 Å². The maximum Gasteiger partial charge on any atom is 0.407 e. The molecule has 9 heteroatoms. The Bertz CT molecular complexity index is 1560. The molecular weight excluding hydrogens is 548 g/mol. The van der Waals surface area contributed by atoms with Crippen molar-refractivity contribution in [3.63, 3.8) is 0 Å². The van der Waals surface area contributed by atoms with Crippen LogP contribution in [0.25, 0.3) is 22.3 Å². The zero-order chi connectivity index (χ0) is 29.5. The Morgan fingerprint density at radius 1 is 0.535 bits per heavy atom. The zero-order valence-electron chi connectivity index (χ0n) is 22.8. The molecule has 2 atom stereocenters. The fourth-order valence-electron chi connectivity index (χ4n) is 6.32. The molecule has 2 amide bonds. The molecule has 0 aromatic heterocycles. The van der Waals surface area contributed by atoms with Crippen LogP contribution in [0.5, 0.6) is 0 Å². The van der Waals surface area contributed by atoms with Crippen molar-refractivity contribution >= 4 is 24.1 Å². The minimum absolute atomic E-state index is 0.0139. The predicted molar refractivity (Wildman–Crippen MR) is 155 cm³/mol. The van der Waals surface area contributed by atoms with Crippen LogP contribution in [0.2, 0.25) is 0 Å². The Hall–Kier alpha value is -5.44. The number of ether oxygens (including phenoxy) is 3. The molecule has 7 rings (SSSR count). The summed E-state index contributed by atoms with van der Waals surface area (Å²) in [5.41, 5.74) is 8.41. The van der Waals surface area contributed by atoms with Gasteiger partial charge in [-0.15, -0.1) is 0 Å². The summed E-state index contributed by atoms with van der Waals surface area (Å²) in [7, 11) is 0. The number of fused-ring (bicyclic) bond motifs is 6. The molecule has 1 saturated heterocycles. The number of rotatable bonds is 6. The van der Waals surface area contributed by atoms with Crippen molar-refractivity contribution < 1.29 is 33.4 Å². The van der Waals surface area contributed by atoms with E-state index >= 15 is 0 Å². The van der Waals surface area contributed by atoms with Crippen LogP contribution in [0.15, 0.2) is 97.1 Å². The van der Waals surface area contributed by atoms with E-state index < -0.39 is 36.2 Å². The number of nitrogens with one attached hydrogen (secondary N) is 2. The Morgan fingerprint density at radius 3 is 1.16 bits per heavy atom. The van der Waals surface area contributed by atoms with E-state index in [0.717, 1.165) is 44.5 Å². The van der Waals surface area contributed by atoms with Gasteiger partial charge in [0, 0.05) is 11.8 Å². The van der Waals surface area contributed by atoms with E-state index in [1.54, 1.807) is 0 Å². The van der Waals surface area contributed by atoms with Crippen molar-refractivity contribution in [2.75, 3.05) is 13.2 Å². The van der Waals surface area contributed by atoms with Crippen LogP contribution in [-0.2, 0) is 23.8 Å². The van der Waals surface area contributed by atoms with Crippen molar-refractivity contribution in [1.29, 1.82) is 0 Å². The van der Waals surface area contributed by atoms with Crippen LogP contribution in [0.4, 0.5) is 9.59 Å². The molecule has 0 radical (unpaired) electrons. The first-order valence-corrected chi connectivity index (χ1v) is 14.0. The number of alkyl carbamates (subject to hydrolysis) is 2. The van der Waals surface area contributed by atoms with Crippen LogP contribution in [0.1, 0.15) is 34.1 Å². The number of benzene rings is 4. The molecular formula is C34H26N2O7. The summed E-state index contributed by atoms with van der Waals surface area (Å²) in [4.78, 5) is 50.5. The monoisotopic (exact) mass is 574 g/mol. The molecule has 3 aliphatic rings. The van der Waals surface area contributed by atoms with Gasteiger partial charge in [-0.1, -0.05) is 97.1 Å². The zero-order valence-corrected chi connectivity index (χ0v) is 22.8. The number of carbonyl (C=O) groups excluding carboxylic acids is 4. The van der Waals surface area contributed by atoms with E-state index in [1.165, 1.54) is 0 Å². The van der Waals surface area contributed by atoms with Gasteiger partial charge in [-0.3, -0.25) is 0 Å². The summed E-state index contributed by atoms with van der Waals surface area (Å²) in [6.45, 7) is 0.0279. The fourth-order valence-corrected chi connectivity index (χ4v) is 6.32. The molecule has 43 heavy (non-hydrogen) atoms. The van der Waals surface area contributed by atoms with Gasteiger partial charge in [0.25, 0.3) is 0 Å². The lowest BCUT2D eigenvalue weighted by Crippen LogP contribution is -2.53. The number of hydrogen-bond donors (Lipinski definition) is 2. The molecule has 2 unspecified atom stereocenters. The van der Waals surface area contributed by atoms with Gasteiger partial charge in [0.05, 0.1) is 0 Å². The predicted octanol–water partition coefficient (Wildman–Crippen LogP) is 4.88. The number of amides is 2. The second kappa shape index (κ2) is 10.8. The van der Waals surface area contributed by atoms with Gasteiger partial charge in [0.15, 0.2) is 12.1 Å². The van der Waals surface area contributed by atoms with Crippen LogP contribution >= 0.6 is 0 Å². The summed E-state index contributed by atoms with van der Waals surface area (Å²) in [6.07, 6.45) is -1.84. The van der Waals surface area contributed by atoms with Crippen LogP contribution in [-0.4, -0.2) is 49.4 Å². The van der Waals surface area contributed by atoms with E-state index in [0.29, 0.717) is 0 Å². The van der Waals surface area contributed by atoms with Gasteiger partial charge in [0.1, 0.15) is 13.2 Å². The third kappa shape index (κ3) is 4.68. The molecule has 4 aromatic rings. The van der Waals surface area contributed by atoms with Gasteiger partial charge in [-0.25, -0.2) is 19.2 Å². The summed E-state index contributed by atoms with van der Waals surface area (Å²) in [5.74, 6) is -2.37. The van der Waals surface area contributed by atoms with Gasteiger partial charge in [0.2, 0.25) is 0 Å². The Kier molecular flexibility index (Phi) is 6.62. The third-order valence-electron chi connectivity index (χ3n) is 8.28. The smallest absolute Gasteiger partial charge is 0.407 e. The Balaban J connectivity index is 0.986. The lowest BCUT2D eigenvalue weighted by Gasteiger charge is -2.19. The topological polar surface area (TPSA) is 120 Å². The Labute approximate surface area is 246 Å². The lowest BCUT2D eigenvalue weighted by atomic mass is 9.98. The quantitative estimate of drug-likeness (QED) is 0.191. The van der Waals surface area contributed by atoms with Crippen molar-refractivity contribution in [3.05, 3.63) is 119 Å². The molecule has 2 N–H and O–H groups in total. The number of carbonyl (C=O) groups is 4. The highest BCUT2D eigenvalue weighted by atomic mass is 16.6. The maximum absolute atomic E-state index is 12.8. The van der Waals surface area contributed by atoms with E-state index in [2.05, 4.69) is 10.6 Å². The molecule has 0 saturated carbocycles. The molecule has 1 fully saturated rings. The largest absolute Gasteiger partial charge is 0.449 e. The average molecular weight is 575 g/mol. The van der Waals surface area contributed by atoms with Crippen LogP contribution in [0, 0.1) is 0 Å². The first-order chi connectivity index (χ1) is 21.0. The summed E-state index contributed by atoms with van der Waals surface area (Å²) in [6, 6.07) is 28.6. The van der Waals surface area contributed by atoms with Crippen molar-refractivity contribution in [1.82, 2.24) is 10.6 Å². The average Bonchev–Trinajstić information content (AvgIpc) is 3.62. The maximum atomic E-state index is 12.8. The minimum atomic E-state index is -1.47. The van der Waals surface area contributed by atoms with Crippen molar-refractivity contribution in [2.45, 2.75) is 23.9 Å². The molecule has 1 heterocycles. The van der Waals surface area contributed by atoms with Gasteiger partial charge in [-0.2, -0.15) is 0 Å². The fraction of sp³-hybridized carbons (Fsp3) is 0.176. The van der Waals surface area contributed by atoms with Gasteiger partial charge >= 0.3 is 24.1 Å². The summed E-state index contributed by atoms with van der Waals surface area (Å²) in [5, 5.41) is 4.77. The normalized spacial score (nSPS) is 18.2. The third-order valence-corrected chi connectivity index (χ3v) is 8.28. The van der Waals surface area contributed by atoms with E-state index in [-0.39, 0.29) is 25.0 Å². The van der Waals surface area contributed by atoms with Crippen molar-refractivity contribution in [2.24, 2.45) is 0 Å². The molecule has 4 aromatic carbocycles. The standard InChI is InChI=1S/C34H26N2O7/c37-31-29(35-33(39)41-17-27-23-13-5-1-9-19(23)20-10-2-6-14-24(20)27)30(32(38)43-31)36-34(40)42-18-28-25-15-7-3-11-21(25)22-12-4-8-16-26(22)28/h1-16,27-30H,17-18H2,(H,35,39)(H,36,40). The molecule has 9 nitrogen and oxygen atoms in total. The van der Waals surface area contributed by atoms with Gasteiger partial charge < -0.3 is 24.8 Å². The molecule has 214 valence electrons. The molecule has 0 spiro atoms. The highest BCUT2D eigenvalue weighted by Crippen LogP contribution is 2.45. The summed E-state index contributed by atoms with van der Waals surface area (Å²) < 4.78 is 15.7. The first kappa shape index (κ1) is 26.5. The Morgan fingerprint density at radius 2 is 0.837 bits per heavy atom. The second-order valence-corrected chi connectivity index (χ2v) is 10.6. The van der Waals surface area contributed by atoms with Crippen LogP contribution in [0.3, 0.4) is 0 Å². The molecule has 0 bridgehead atoms. The van der Waals surface area contributed by atoms with Crippen LogP contribution < -0.4 is 10.6 Å². The number of esters is 2. The number of hydrogen-bond acceptors (Lipinski definition) is 7. The number of cyclic esters (lactones) is 2. The van der Waals surface area contributed by atoms with E-state index in [4.69, 9.17) is 14.2 Å².